The van der Waals surface area contributed by atoms with Crippen LogP contribution in [0, 0.1) is 5.82 Å². The molecule has 3 aromatic carbocycles. The number of benzene rings is 3. The van der Waals surface area contributed by atoms with Crippen LogP contribution in [0.4, 0.5) is 4.39 Å². The Morgan fingerprint density at radius 2 is 1.64 bits per heavy atom. The third-order valence-electron chi connectivity index (χ3n) is 4.96. The van der Waals surface area contributed by atoms with Crippen molar-refractivity contribution in [3.05, 3.63) is 94.8 Å². The summed E-state index contributed by atoms with van der Waals surface area (Å²) in [6, 6.07) is 21.7. The molecule has 28 heavy (non-hydrogen) atoms. The molecule has 1 unspecified atom stereocenters. The molecule has 0 radical (unpaired) electrons. The maximum Gasteiger partial charge on any atom is 0.127 e. The van der Waals surface area contributed by atoms with Gasteiger partial charge in [-0.15, -0.1) is 0 Å². The van der Waals surface area contributed by atoms with Gasteiger partial charge in [0.25, 0.3) is 0 Å². The van der Waals surface area contributed by atoms with Gasteiger partial charge in [0, 0.05) is 10.4 Å². The fourth-order valence-corrected chi connectivity index (χ4v) is 3.10. The average Bonchev–Trinajstić information content (AvgIpc) is 2.70. The first-order valence-corrected chi connectivity index (χ1v) is 9.72. The lowest BCUT2D eigenvalue weighted by molar-refractivity contribution is 0.0747. The van der Waals surface area contributed by atoms with Crippen molar-refractivity contribution in [2.45, 2.75) is 32.3 Å². The Bertz CT molecular complexity index is 893. The SMILES string of the molecule is CCC(C)(COCc1cccc(Oc2ccc(F)cc2)c1)c1ccc(Cl)cc1. The quantitative estimate of drug-likeness (QED) is 0.401. The molecule has 0 aliphatic rings. The van der Waals surface area contributed by atoms with E-state index in [1.54, 1.807) is 12.1 Å². The summed E-state index contributed by atoms with van der Waals surface area (Å²) in [5.41, 5.74) is 2.16. The molecule has 146 valence electrons. The molecule has 0 spiro atoms. The molecule has 0 aromatic heterocycles. The van der Waals surface area contributed by atoms with E-state index in [0.29, 0.717) is 24.7 Å². The minimum atomic E-state index is -0.283. The lowest BCUT2D eigenvalue weighted by Gasteiger charge is -2.29. The van der Waals surface area contributed by atoms with Gasteiger partial charge >= 0.3 is 0 Å². The molecule has 0 saturated carbocycles. The number of halogens is 2. The summed E-state index contributed by atoms with van der Waals surface area (Å²) in [6.07, 6.45) is 0.961. The first-order valence-electron chi connectivity index (χ1n) is 9.35. The van der Waals surface area contributed by atoms with Crippen molar-refractivity contribution in [1.82, 2.24) is 0 Å². The summed E-state index contributed by atoms with van der Waals surface area (Å²) >= 11 is 6.01. The highest BCUT2D eigenvalue weighted by molar-refractivity contribution is 6.30. The Hall–Kier alpha value is -2.36. The zero-order valence-electron chi connectivity index (χ0n) is 16.1. The predicted octanol–water partition coefficient (Wildman–Crippen LogP) is 7.16. The Labute approximate surface area is 170 Å². The van der Waals surface area contributed by atoms with Crippen molar-refractivity contribution in [2.75, 3.05) is 6.61 Å². The minimum Gasteiger partial charge on any atom is -0.457 e. The van der Waals surface area contributed by atoms with Crippen LogP contribution in [-0.4, -0.2) is 6.61 Å². The van der Waals surface area contributed by atoms with Crippen molar-refractivity contribution in [1.29, 1.82) is 0 Å². The van der Waals surface area contributed by atoms with E-state index < -0.39 is 0 Å². The van der Waals surface area contributed by atoms with Gasteiger partial charge < -0.3 is 9.47 Å². The van der Waals surface area contributed by atoms with E-state index in [4.69, 9.17) is 21.1 Å². The van der Waals surface area contributed by atoms with E-state index in [1.165, 1.54) is 17.7 Å². The van der Waals surface area contributed by atoms with Crippen molar-refractivity contribution in [3.63, 3.8) is 0 Å². The van der Waals surface area contributed by atoms with Gasteiger partial charge in [0.05, 0.1) is 13.2 Å². The van der Waals surface area contributed by atoms with Crippen molar-refractivity contribution < 1.29 is 13.9 Å². The zero-order chi connectivity index (χ0) is 20.0. The van der Waals surface area contributed by atoms with Crippen LogP contribution in [0.3, 0.4) is 0 Å². The second kappa shape index (κ2) is 9.22. The molecule has 0 aliphatic heterocycles. The highest BCUT2D eigenvalue weighted by Crippen LogP contribution is 2.29. The van der Waals surface area contributed by atoms with Gasteiger partial charge in [0.1, 0.15) is 17.3 Å². The largest absolute Gasteiger partial charge is 0.457 e. The molecular formula is C24H24ClFO2. The van der Waals surface area contributed by atoms with Crippen LogP contribution in [0.25, 0.3) is 0 Å². The summed E-state index contributed by atoms with van der Waals surface area (Å²) in [5.74, 6) is 1.01. The standard InChI is InChI=1S/C24H24ClFO2/c1-3-24(2,19-7-9-20(25)10-8-19)17-27-16-18-5-4-6-23(15-18)28-22-13-11-21(26)12-14-22/h4-15H,3,16-17H2,1-2H3. The van der Waals surface area contributed by atoms with Crippen molar-refractivity contribution >= 4 is 11.6 Å². The van der Waals surface area contributed by atoms with Crippen LogP contribution in [0.15, 0.2) is 72.8 Å². The zero-order valence-corrected chi connectivity index (χ0v) is 16.9. The van der Waals surface area contributed by atoms with E-state index in [1.807, 2.05) is 36.4 Å². The second-order valence-corrected chi connectivity index (χ2v) is 7.55. The van der Waals surface area contributed by atoms with Crippen LogP contribution >= 0.6 is 11.6 Å². The number of ether oxygens (including phenoxy) is 2. The maximum atomic E-state index is 13.0. The fourth-order valence-electron chi connectivity index (χ4n) is 2.97. The highest BCUT2D eigenvalue weighted by atomic mass is 35.5. The topological polar surface area (TPSA) is 18.5 Å². The summed E-state index contributed by atoms with van der Waals surface area (Å²) in [4.78, 5) is 0. The van der Waals surface area contributed by atoms with Crippen LogP contribution < -0.4 is 4.74 Å². The van der Waals surface area contributed by atoms with E-state index in [2.05, 4.69) is 26.0 Å². The minimum absolute atomic E-state index is 0.0766. The normalized spacial score (nSPS) is 13.1. The lowest BCUT2D eigenvalue weighted by Crippen LogP contribution is -2.27. The predicted molar refractivity (Wildman–Crippen MR) is 112 cm³/mol. The van der Waals surface area contributed by atoms with E-state index in [-0.39, 0.29) is 11.2 Å². The van der Waals surface area contributed by atoms with Gasteiger partial charge in [-0.25, -0.2) is 4.39 Å². The fraction of sp³-hybridized carbons (Fsp3) is 0.250. The Morgan fingerprint density at radius 3 is 2.32 bits per heavy atom. The average molecular weight is 399 g/mol. The van der Waals surface area contributed by atoms with Crippen molar-refractivity contribution in [2.24, 2.45) is 0 Å². The third-order valence-corrected chi connectivity index (χ3v) is 5.21. The molecule has 0 aliphatic carbocycles. The van der Waals surface area contributed by atoms with E-state index >= 15 is 0 Å². The second-order valence-electron chi connectivity index (χ2n) is 7.12. The van der Waals surface area contributed by atoms with Crippen molar-refractivity contribution in [3.8, 4) is 11.5 Å². The molecule has 0 N–H and O–H groups in total. The van der Waals surface area contributed by atoms with E-state index in [0.717, 1.165) is 17.0 Å². The number of rotatable bonds is 8. The maximum absolute atomic E-state index is 13.0. The Kier molecular flexibility index (Phi) is 6.71. The molecule has 0 fully saturated rings. The summed E-state index contributed by atoms with van der Waals surface area (Å²) < 4.78 is 24.8. The molecular weight excluding hydrogens is 375 g/mol. The summed E-state index contributed by atoms with van der Waals surface area (Å²) in [7, 11) is 0. The Balaban J connectivity index is 1.61. The molecule has 3 rings (SSSR count). The monoisotopic (exact) mass is 398 g/mol. The van der Waals surface area contributed by atoms with Crippen LogP contribution in [-0.2, 0) is 16.8 Å². The first-order chi connectivity index (χ1) is 13.5. The van der Waals surface area contributed by atoms with Gasteiger partial charge in [-0.1, -0.05) is 49.7 Å². The lowest BCUT2D eigenvalue weighted by atomic mass is 9.81. The third kappa shape index (κ3) is 5.34. The van der Waals surface area contributed by atoms with Gasteiger partial charge in [-0.3, -0.25) is 0 Å². The molecule has 3 aromatic rings. The van der Waals surface area contributed by atoms with Crippen LogP contribution in [0.1, 0.15) is 31.4 Å². The number of hydrogen-bond donors (Lipinski definition) is 0. The summed E-state index contributed by atoms with van der Waals surface area (Å²) in [5, 5.41) is 0.737. The molecule has 1 atom stereocenters. The Morgan fingerprint density at radius 1 is 0.929 bits per heavy atom. The molecule has 2 nitrogen and oxygen atoms in total. The smallest absolute Gasteiger partial charge is 0.127 e. The molecule has 0 bridgehead atoms. The molecule has 0 amide bonds. The first kappa shape index (κ1) is 20.4. The van der Waals surface area contributed by atoms with Crippen LogP contribution in [0.5, 0.6) is 11.5 Å². The van der Waals surface area contributed by atoms with Gasteiger partial charge in [-0.05, 0) is 66.1 Å². The van der Waals surface area contributed by atoms with Gasteiger partial charge in [0.15, 0.2) is 0 Å². The molecule has 0 saturated heterocycles. The summed E-state index contributed by atoms with van der Waals surface area (Å²) in [6.45, 7) is 5.46. The number of hydrogen-bond acceptors (Lipinski definition) is 2. The highest BCUT2D eigenvalue weighted by Gasteiger charge is 2.24. The van der Waals surface area contributed by atoms with E-state index in [9.17, 15) is 4.39 Å². The van der Waals surface area contributed by atoms with Crippen LogP contribution in [0.2, 0.25) is 5.02 Å². The van der Waals surface area contributed by atoms with Gasteiger partial charge in [-0.2, -0.15) is 0 Å². The molecule has 4 heteroatoms. The molecule has 0 heterocycles. The van der Waals surface area contributed by atoms with Gasteiger partial charge in [0.2, 0.25) is 0 Å².